The van der Waals surface area contributed by atoms with Crippen LogP contribution in [-0.4, -0.2) is 18.6 Å². The molecule has 1 aromatic heterocycles. The predicted molar refractivity (Wildman–Crippen MR) is 70.1 cm³/mol. The van der Waals surface area contributed by atoms with Crippen LogP contribution in [0.3, 0.4) is 0 Å². The summed E-state index contributed by atoms with van der Waals surface area (Å²) in [5.41, 5.74) is 0.386. The molecule has 0 fully saturated rings. The van der Waals surface area contributed by atoms with E-state index >= 15 is 0 Å². The first kappa shape index (κ1) is 14.9. The van der Waals surface area contributed by atoms with E-state index in [9.17, 15) is 17.6 Å². The number of hydrogen-bond donors (Lipinski definition) is 2. The summed E-state index contributed by atoms with van der Waals surface area (Å²) in [6.45, 7) is -2.92. The minimum absolute atomic E-state index is 0.0287. The summed E-state index contributed by atoms with van der Waals surface area (Å²) in [5, 5.41) is 5.10. The lowest BCUT2D eigenvalue weighted by atomic mass is 10.3. The fraction of sp³-hybridized carbons (Fsp3) is 0.154. The van der Waals surface area contributed by atoms with E-state index in [1.165, 1.54) is 31.3 Å². The molecular formula is C13H11F4N3O. The highest BCUT2D eigenvalue weighted by molar-refractivity contribution is 5.59. The van der Waals surface area contributed by atoms with Crippen molar-refractivity contribution in [2.45, 2.75) is 6.61 Å². The molecule has 21 heavy (non-hydrogen) atoms. The molecule has 0 saturated carbocycles. The number of alkyl halides is 2. The predicted octanol–water partition coefficient (Wildman–Crippen LogP) is 3.75. The molecule has 2 aromatic rings. The van der Waals surface area contributed by atoms with Gasteiger partial charge in [-0.15, -0.1) is 0 Å². The molecule has 112 valence electrons. The highest BCUT2D eigenvalue weighted by Crippen LogP contribution is 2.24. The molecule has 8 heteroatoms. The van der Waals surface area contributed by atoms with E-state index in [4.69, 9.17) is 0 Å². The average Bonchev–Trinajstić information content (AvgIpc) is 2.43. The van der Waals surface area contributed by atoms with Gasteiger partial charge in [-0.1, -0.05) is 0 Å². The fourth-order valence-corrected chi connectivity index (χ4v) is 1.59. The first-order valence-electron chi connectivity index (χ1n) is 5.85. The number of benzene rings is 1. The van der Waals surface area contributed by atoms with Crippen LogP contribution in [0.5, 0.6) is 5.75 Å². The van der Waals surface area contributed by atoms with E-state index in [1.54, 1.807) is 0 Å². The van der Waals surface area contributed by atoms with Crippen LogP contribution in [-0.2, 0) is 0 Å². The van der Waals surface area contributed by atoms with Crippen molar-refractivity contribution in [3.8, 4) is 5.75 Å². The number of pyridine rings is 1. The number of nitrogens with zero attached hydrogens (tertiary/aromatic N) is 1. The van der Waals surface area contributed by atoms with Crippen molar-refractivity contribution in [2.24, 2.45) is 0 Å². The third-order valence-electron chi connectivity index (χ3n) is 2.51. The van der Waals surface area contributed by atoms with Gasteiger partial charge in [-0.25, -0.2) is 13.8 Å². The summed E-state index contributed by atoms with van der Waals surface area (Å²) in [4.78, 5) is 3.73. The maximum absolute atomic E-state index is 13.6. The van der Waals surface area contributed by atoms with E-state index in [0.717, 1.165) is 0 Å². The van der Waals surface area contributed by atoms with Crippen molar-refractivity contribution in [1.29, 1.82) is 0 Å². The molecular weight excluding hydrogens is 290 g/mol. The molecule has 0 unspecified atom stereocenters. The molecule has 0 aliphatic heterocycles. The number of halogens is 4. The van der Waals surface area contributed by atoms with Crippen LogP contribution in [0.25, 0.3) is 0 Å². The second-order valence-electron chi connectivity index (χ2n) is 3.93. The second kappa shape index (κ2) is 6.29. The Labute approximate surface area is 117 Å². The Hall–Kier alpha value is -2.51. The zero-order valence-electron chi connectivity index (χ0n) is 10.8. The first-order valence-corrected chi connectivity index (χ1v) is 5.85. The van der Waals surface area contributed by atoms with E-state index in [0.29, 0.717) is 11.8 Å². The highest BCUT2D eigenvalue weighted by Gasteiger charge is 2.11. The molecule has 2 N–H and O–H groups in total. The molecule has 4 nitrogen and oxygen atoms in total. The van der Waals surface area contributed by atoms with Gasteiger partial charge < -0.3 is 15.4 Å². The van der Waals surface area contributed by atoms with Crippen LogP contribution in [0.2, 0.25) is 0 Å². The van der Waals surface area contributed by atoms with E-state index in [1.807, 2.05) is 0 Å². The number of ether oxygens (including phenoxy) is 1. The molecule has 0 atom stereocenters. The number of hydrogen-bond acceptors (Lipinski definition) is 4. The van der Waals surface area contributed by atoms with Crippen LogP contribution < -0.4 is 15.4 Å². The summed E-state index contributed by atoms with van der Waals surface area (Å²) >= 11 is 0. The van der Waals surface area contributed by atoms with Crippen molar-refractivity contribution in [2.75, 3.05) is 17.7 Å². The van der Waals surface area contributed by atoms with Gasteiger partial charge in [0.1, 0.15) is 5.75 Å². The molecule has 0 saturated heterocycles. The Morgan fingerprint density at radius 2 is 1.67 bits per heavy atom. The van der Waals surface area contributed by atoms with Crippen molar-refractivity contribution in [1.82, 2.24) is 4.98 Å². The van der Waals surface area contributed by atoms with E-state index in [-0.39, 0.29) is 17.4 Å². The van der Waals surface area contributed by atoms with Gasteiger partial charge in [0.05, 0.1) is 0 Å². The van der Waals surface area contributed by atoms with Crippen molar-refractivity contribution < 1.29 is 22.3 Å². The normalized spacial score (nSPS) is 10.6. The summed E-state index contributed by atoms with van der Waals surface area (Å²) < 4.78 is 55.0. The molecule has 0 aliphatic rings. The molecule has 2 rings (SSSR count). The Kier molecular flexibility index (Phi) is 4.46. The second-order valence-corrected chi connectivity index (χ2v) is 3.93. The summed E-state index contributed by atoms with van der Waals surface area (Å²) in [7, 11) is 1.45. The molecule has 0 bridgehead atoms. The smallest absolute Gasteiger partial charge is 0.387 e. The molecule has 0 spiro atoms. The van der Waals surface area contributed by atoms with Crippen LogP contribution >= 0.6 is 0 Å². The number of nitrogens with one attached hydrogen (secondary N) is 2. The topological polar surface area (TPSA) is 46.2 Å². The quantitative estimate of drug-likeness (QED) is 0.826. The van der Waals surface area contributed by atoms with Gasteiger partial charge in [-0.2, -0.15) is 8.78 Å². The largest absolute Gasteiger partial charge is 0.435 e. The molecule has 1 aromatic carbocycles. The SMILES string of the molecule is CNc1nc(Nc2ccc(OC(F)F)cc2)c(F)cc1F. The van der Waals surface area contributed by atoms with Gasteiger partial charge in [0.25, 0.3) is 0 Å². The maximum Gasteiger partial charge on any atom is 0.387 e. The Morgan fingerprint density at radius 3 is 2.24 bits per heavy atom. The third-order valence-corrected chi connectivity index (χ3v) is 2.51. The Morgan fingerprint density at radius 1 is 1.05 bits per heavy atom. The molecule has 0 amide bonds. The molecule has 0 radical (unpaired) electrons. The van der Waals surface area contributed by atoms with Crippen molar-refractivity contribution in [3.05, 3.63) is 42.0 Å². The summed E-state index contributed by atoms with van der Waals surface area (Å²) in [5.74, 6) is -2.03. The number of rotatable bonds is 5. The van der Waals surface area contributed by atoms with Gasteiger partial charge in [-0.05, 0) is 24.3 Å². The Bertz CT molecular complexity index is 620. The van der Waals surface area contributed by atoms with Gasteiger partial charge in [-0.3, -0.25) is 0 Å². The minimum atomic E-state index is -2.92. The minimum Gasteiger partial charge on any atom is -0.435 e. The van der Waals surface area contributed by atoms with Gasteiger partial charge in [0, 0.05) is 18.8 Å². The molecule has 1 heterocycles. The zero-order valence-corrected chi connectivity index (χ0v) is 10.8. The lowest BCUT2D eigenvalue weighted by Gasteiger charge is -2.10. The summed E-state index contributed by atoms with van der Waals surface area (Å²) in [6.07, 6.45) is 0. The van der Waals surface area contributed by atoms with Gasteiger partial charge in [0.2, 0.25) is 0 Å². The third kappa shape index (κ3) is 3.74. The lowest BCUT2D eigenvalue weighted by molar-refractivity contribution is -0.0498. The maximum atomic E-state index is 13.6. The number of aromatic nitrogens is 1. The lowest BCUT2D eigenvalue weighted by Crippen LogP contribution is -2.04. The number of anilines is 3. The van der Waals surface area contributed by atoms with Crippen molar-refractivity contribution >= 4 is 17.3 Å². The van der Waals surface area contributed by atoms with E-state index < -0.39 is 18.2 Å². The fourth-order valence-electron chi connectivity index (χ4n) is 1.59. The standard InChI is InChI=1S/C13H11F4N3O/c1-18-11-9(14)6-10(15)12(20-11)19-7-2-4-8(5-3-7)21-13(16)17/h2-6,13H,1H3,(H2,18,19,20). The van der Waals surface area contributed by atoms with Crippen molar-refractivity contribution in [3.63, 3.8) is 0 Å². The van der Waals surface area contributed by atoms with E-state index in [2.05, 4.69) is 20.4 Å². The van der Waals surface area contributed by atoms with Gasteiger partial charge >= 0.3 is 6.61 Å². The Balaban J connectivity index is 2.18. The molecule has 0 aliphatic carbocycles. The first-order chi connectivity index (χ1) is 9.99. The van der Waals surface area contributed by atoms with Gasteiger partial charge in [0.15, 0.2) is 23.3 Å². The van der Waals surface area contributed by atoms with Crippen LogP contribution in [0.15, 0.2) is 30.3 Å². The zero-order chi connectivity index (χ0) is 15.4. The monoisotopic (exact) mass is 301 g/mol. The summed E-state index contributed by atoms with van der Waals surface area (Å²) in [6, 6.07) is 6.07. The van der Waals surface area contributed by atoms with Crippen LogP contribution in [0.4, 0.5) is 34.9 Å². The highest BCUT2D eigenvalue weighted by atomic mass is 19.3. The van der Waals surface area contributed by atoms with Crippen LogP contribution in [0.1, 0.15) is 0 Å². The van der Waals surface area contributed by atoms with Crippen LogP contribution in [0, 0.1) is 11.6 Å². The average molecular weight is 301 g/mol.